The van der Waals surface area contributed by atoms with Crippen LogP contribution in [-0.4, -0.2) is 36.6 Å². The van der Waals surface area contributed by atoms with E-state index < -0.39 is 0 Å². The van der Waals surface area contributed by atoms with Crippen molar-refractivity contribution in [2.45, 2.75) is 72.8 Å². The minimum absolute atomic E-state index is 0.0283. The molecule has 2 atom stereocenters. The smallest absolute Gasteiger partial charge is 0.313 e. The summed E-state index contributed by atoms with van der Waals surface area (Å²) in [7, 11) is 0. The highest BCUT2D eigenvalue weighted by Gasteiger charge is 2.37. The summed E-state index contributed by atoms with van der Waals surface area (Å²) in [5.41, 5.74) is 1.10. The van der Waals surface area contributed by atoms with Crippen molar-refractivity contribution in [2.24, 2.45) is 11.8 Å². The van der Waals surface area contributed by atoms with E-state index in [2.05, 4.69) is 42.9 Å². The molecule has 3 aliphatic rings. The van der Waals surface area contributed by atoms with Gasteiger partial charge in [-0.25, -0.2) is 0 Å². The first-order chi connectivity index (χ1) is 14.7. The third-order valence-corrected chi connectivity index (χ3v) is 5.55. The van der Waals surface area contributed by atoms with Crippen molar-refractivity contribution in [3.63, 3.8) is 0 Å². The van der Waals surface area contributed by atoms with Crippen LogP contribution in [0.2, 0.25) is 0 Å². The molecule has 0 aromatic heterocycles. The van der Waals surface area contributed by atoms with Crippen LogP contribution in [0.1, 0.15) is 66.7 Å². The average Bonchev–Trinajstić information content (AvgIpc) is 2.80. The zero-order valence-corrected chi connectivity index (χ0v) is 19.8. The van der Waals surface area contributed by atoms with Crippen LogP contribution in [0.5, 0.6) is 0 Å². The molecule has 168 valence electrons. The van der Waals surface area contributed by atoms with Gasteiger partial charge < -0.3 is 4.74 Å². The van der Waals surface area contributed by atoms with Crippen LogP contribution >= 0.6 is 0 Å². The standard InChI is InChI=1S/C23H35NO2.C2H6.C2H2/c1-4-6-8-9-10-11-13-21(19(3)12-7-5-2)23(25)26-22-18-24-16-14-20(22)15-17-24;2*1-2/h4-9,12,20-22H,10-11,13-18H2,1-3H3;1-2H3;1-2H/b6-4-,7-5-,9-8-,19-12+;;. The second kappa shape index (κ2) is 17.8. The maximum atomic E-state index is 12.9. The molecular weight excluding hydrogens is 370 g/mol. The summed E-state index contributed by atoms with van der Waals surface area (Å²) in [6, 6.07) is 0. The predicted molar refractivity (Wildman–Crippen MR) is 130 cm³/mol. The fourth-order valence-electron chi connectivity index (χ4n) is 3.90. The zero-order chi connectivity index (χ0) is 22.8. The molecule has 0 N–H and O–H groups in total. The van der Waals surface area contributed by atoms with Crippen LogP contribution < -0.4 is 0 Å². The molecule has 0 amide bonds. The van der Waals surface area contributed by atoms with Gasteiger partial charge in [-0.1, -0.05) is 62.0 Å². The lowest BCUT2D eigenvalue weighted by atomic mass is 9.85. The van der Waals surface area contributed by atoms with Gasteiger partial charge in [0, 0.05) is 6.54 Å². The number of rotatable bonds is 9. The highest BCUT2D eigenvalue weighted by molar-refractivity contribution is 5.76. The van der Waals surface area contributed by atoms with Gasteiger partial charge in [-0.2, -0.15) is 0 Å². The third-order valence-electron chi connectivity index (χ3n) is 5.55. The largest absolute Gasteiger partial charge is 0.460 e. The lowest BCUT2D eigenvalue weighted by molar-refractivity contribution is -0.162. The molecule has 3 saturated heterocycles. The predicted octanol–water partition coefficient (Wildman–Crippen LogP) is 6.34. The molecule has 3 heteroatoms. The van der Waals surface area contributed by atoms with Crippen LogP contribution in [0.4, 0.5) is 0 Å². The molecule has 3 nitrogen and oxygen atoms in total. The maximum Gasteiger partial charge on any atom is 0.313 e. The van der Waals surface area contributed by atoms with E-state index in [1.54, 1.807) is 0 Å². The van der Waals surface area contributed by atoms with Gasteiger partial charge in [0.2, 0.25) is 0 Å². The number of ether oxygens (including phenoxy) is 1. The molecule has 0 aromatic carbocycles. The van der Waals surface area contributed by atoms with E-state index in [-0.39, 0.29) is 18.0 Å². The first-order valence-electron chi connectivity index (χ1n) is 11.5. The van der Waals surface area contributed by atoms with Crippen molar-refractivity contribution >= 4 is 5.97 Å². The van der Waals surface area contributed by atoms with E-state index in [0.717, 1.165) is 31.4 Å². The van der Waals surface area contributed by atoms with E-state index in [0.29, 0.717) is 5.92 Å². The molecule has 0 saturated carbocycles. The summed E-state index contributed by atoms with van der Waals surface area (Å²) in [6.07, 6.45) is 27.6. The van der Waals surface area contributed by atoms with E-state index in [1.165, 1.54) is 25.9 Å². The van der Waals surface area contributed by atoms with Crippen LogP contribution in [-0.2, 0) is 9.53 Å². The minimum Gasteiger partial charge on any atom is -0.460 e. The topological polar surface area (TPSA) is 29.5 Å². The van der Waals surface area contributed by atoms with Crippen LogP contribution in [0.25, 0.3) is 0 Å². The first-order valence-corrected chi connectivity index (χ1v) is 11.5. The van der Waals surface area contributed by atoms with E-state index >= 15 is 0 Å². The molecule has 2 unspecified atom stereocenters. The Morgan fingerprint density at radius 3 is 2.27 bits per heavy atom. The lowest BCUT2D eigenvalue weighted by Gasteiger charge is -2.44. The Morgan fingerprint density at radius 1 is 1.10 bits per heavy atom. The second-order valence-electron chi connectivity index (χ2n) is 7.49. The number of nitrogens with zero attached hydrogens (tertiary/aromatic N) is 1. The lowest BCUT2D eigenvalue weighted by Crippen LogP contribution is -2.52. The van der Waals surface area contributed by atoms with Gasteiger partial charge in [0.05, 0.1) is 5.92 Å². The van der Waals surface area contributed by atoms with Crippen molar-refractivity contribution in [1.29, 1.82) is 0 Å². The number of piperidine rings is 3. The Balaban J connectivity index is 0.00000198. The minimum atomic E-state index is -0.128. The van der Waals surface area contributed by atoms with Crippen molar-refractivity contribution in [1.82, 2.24) is 4.90 Å². The number of carbonyl (C=O) groups excluding carboxylic acids is 1. The highest BCUT2D eigenvalue weighted by Crippen LogP contribution is 2.31. The number of hydrogen-bond acceptors (Lipinski definition) is 3. The van der Waals surface area contributed by atoms with Crippen molar-refractivity contribution in [3.8, 4) is 12.8 Å². The summed E-state index contributed by atoms with van der Waals surface area (Å²) < 4.78 is 6.01. The zero-order valence-electron chi connectivity index (χ0n) is 19.8. The number of hydrogen-bond donors (Lipinski definition) is 0. The molecule has 30 heavy (non-hydrogen) atoms. The maximum absolute atomic E-state index is 12.9. The number of unbranched alkanes of at least 4 members (excludes halogenated alkanes) is 1. The van der Waals surface area contributed by atoms with Crippen molar-refractivity contribution < 1.29 is 9.53 Å². The molecule has 3 heterocycles. The molecule has 3 fully saturated rings. The molecule has 0 radical (unpaired) electrons. The Labute approximate surface area is 186 Å². The molecule has 2 bridgehead atoms. The van der Waals surface area contributed by atoms with Gasteiger partial charge in [0.25, 0.3) is 0 Å². The molecule has 3 rings (SSSR count). The van der Waals surface area contributed by atoms with Gasteiger partial charge in [0.15, 0.2) is 0 Å². The molecule has 3 aliphatic heterocycles. The number of terminal acetylenes is 1. The van der Waals surface area contributed by atoms with Crippen molar-refractivity contribution in [3.05, 3.63) is 48.1 Å². The Morgan fingerprint density at radius 2 is 1.73 bits per heavy atom. The van der Waals surface area contributed by atoms with Crippen molar-refractivity contribution in [2.75, 3.05) is 19.6 Å². The second-order valence-corrected chi connectivity index (χ2v) is 7.49. The fraction of sp³-hybridized carbons (Fsp3) is 0.593. The van der Waals surface area contributed by atoms with E-state index in [9.17, 15) is 4.79 Å². The SMILES string of the molecule is C#C.C/C=C\C=C/CCCC(C(=O)OC1CN2CCC1CC2)/C(C)=C/C=C\C.CC. The molecular formula is C27H43NO2. The molecule has 0 spiro atoms. The number of esters is 1. The van der Waals surface area contributed by atoms with Crippen LogP contribution in [0.15, 0.2) is 48.1 Å². The number of fused-ring (bicyclic) bond motifs is 3. The summed E-state index contributed by atoms with van der Waals surface area (Å²) in [5.74, 6) is 0.407. The van der Waals surface area contributed by atoms with E-state index in [4.69, 9.17) is 4.74 Å². The summed E-state index contributed by atoms with van der Waals surface area (Å²) in [5, 5.41) is 0. The fourth-order valence-corrected chi connectivity index (χ4v) is 3.90. The summed E-state index contributed by atoms with van der Waals surface area (Å²) in [6.45, 7) is 13.3. The monoisotopic (exact) mass is 413 g/mol. The van der Waals surface area contributed by atoms with Gasteiger partial charge in [0.1, 0.15) is 6.10 Å². The number of allylic oxidation sites excluding steroid dienone is 7. The number of carbonyl (C=O) groups is 1. The molecule has 0 aliphatic carbocycles. The summed E-state index contributed by atoms with van der Waals surface area (Å²) in [4.78, 5) is 15.4. The average molecular weight is 414 g/mol. The molecule has 0 aromatic rings. The Bertz CT molecular complexity index is 589. The Hall–Kier alpha value is -2.05. The van der Waals surface area contributed by atoms with Gasteiger partial charge in [-0.05, 0) is 71.9 Å². The van der Waals surface area contributed by atoms with Crippen LogP contribution in [0.3, 0.4) is 0 Å². The van der Waals surface area contributed by atoms with Crippen LogP contribution in [0, 0.1) is 24.7 Å². The third kappa shape index (κ3) is 10.1. The van der Waals surface area contributed by atoms with Gasteiger partial charge in [-0.3, -0.25) is 9.69 Å². The first kappa shape index (κ1) is 27.9. The van der Waals surface area contributed by atoms with Gasteiger partial charge >= 0.3 is 5.97 Å². The van der Waals surface area contributed by atoms with E-state index in [1.807, 2.05) is 52.0 Å². The van der Waals surface area contributed by atoms with Gasteiger partial charge in [-0.15, -0.1) is 12.8 Å². The quantitative estimate of drug-likeness (QED) is 0.191. The summed E-state index contributed by atoms with van der Waals surface area (Å²) >= 11 is 0. The highest BCUT2D eigenvalue weighted by atomic mass is 16.5. The normalized spacial score (nSPS) is 24.2. The Kier molecular flexibility index (Phi) is 16.6.